The summed E-state index contributed by atoms with van der Waals surface area (Å²) in [4.78, 5) is 31.7. The summed E-state index contributed by atoms with van der Waals surface area (Å²) in [5, 5.41) is 13.4. The number of hydrogen-bond donors (Lipinski definition) is 1. The van der Waals surface area contributed by atoms with Gasteiger partial charge in [0.1, 0.15) is 17.6 Å². The average molecular weight is 433 g/mol. The van der Waals surface area contributed by atoms with E-state index in [1.807, 2.05) is 44.2 Å². The normalized spacial score (nSPS) is 21.9. The Morgan fingerprint density at radius 2 is 1.97 bits per heavy atom. The summed E-state index contributed by atoms with van der Waals surface area (Å²) < 4.78 is 5.74. The minimum Gasteiger partial charge on any atom is -0.507 e. The largest absolute Gasteiger partial charge is 0.507 e. The molecule has 1 aromatic heterocycles. The number of anilines is 1. The molecule has 0 saturated carbocycles. The molecule has 2 aliphatic heterocycles. The molecule has 5 rings (SSSR count). The predicted octanol–water partition coefficient (Wildman–Crippen LogP) is 4.40. The maximum absolute atomic E-state index is 13.1. The number of Topliss-reactive ketones (excluding diaryl/α,β-unsaturated/α-hetero) is 1. The summed E-state index contributed by atoms with van der Waals surface area (Å²) in [6, 6.07) is 12.2. The molecule has 0 unspecified atom stereocenters. The van der Waals surface area contributed by atoms with Crippen LogP contribution in [-0.2, 0) is 16.0 Å². The fourth-order valence-electron chi connectivity index (χ4n) is 4.15. The number of ether oxygens (including phenoxy) is 1. The van der Waals surface area contributed by atoms with Gasteiger partial charge in [0.15, 0.2) is 5.13 Å². The van der Waals surface area contributed by atoms with Crippen LogP contribution >= 0.6 is 11.3 Å². The summed E-state index contributed by atoms with van der Waals surface area (Å²) in [6.45, 7) is 3.95. The zero-order valence-electron chi connectivity index (χ0n) is 17.0. The van der Waals surface area contributed by atoms with Gasteiger partial charge >= 0.3 is 5.91 Å². The number of hydrogen-bond acceptors (Lipinski definition) is 6. The van der Waals surface area contributed by atoms with Crippen LogP contribution < -0.4 is 9.64 Å². The second kappa shape index (κ2) is 7.35. The summed E-state index contributed by atoms with van der Waals surface area (Å²) in [6.07, 6.45) is 2.38. The number of fused-ring (bicyclic) bond motifs is 1. The van der Waals surface area contributed by atoms with E-state index in [0.717, 1.165) is 28.9 Å². The zero-order chi connectivity index (χ0) is 21.7. The van der Waals surface area contributed by atoms with Crippen LogP contribution in [0.25, 0.3) is 5.76 Å². The van der Waals surface area contributed by atoms with Crippen molar-refractivity contribution in [3.05, 3.63) is 81.9 Å². The molecule has 2 aliphatic rings. The first-order valence-electron chi connectivity index (χ1n) is 10.0. The molecule has 0 bridgehead atoms. The number of rotatable bonds is 3. The van der Waals surface area contributed by atoms with E-state index in [0.29, 0.717) is 10.7 Å². The molecule has 1 fully saturated rings. The van der Waals surface area contributed by atoms with E-state index >= 15 is 0 Å². The zero-order valence-corrected chi connectivity index (χ0v) is 17.8. The number of nitrogens with zero attached hydrogens (tertiary/aromatic N) is 2. The predicted molar refractivity (Wildman–Crippen MR) is 118 cm³/mol. The van der Waals surface area contributed by atoms with Gasteiger partial charge in [0.05, 0.1) is 11.6 Å². The first kappa shape index (κ1) is 19.5. The maximum Gasteiger partial charge on any atom is 0.301 e. The second-order valence-corrected chi connectivity index (χ2v) is 8.72. The van der Waals surface area contributed by atoms with E-state index in [1.54, 1.807) is 23.7 Å². The van der Waals surface area contributed by atoms with Crippen LogP contribution in [0.15, 0.2) is 59.6 Å². The lowest BCUT2D eigenvalue weighted by Gasteiger charge is -2.23. The Morgan fingerprint density at radius 1 is 1.19 bits per heavy atom. The van der Waals surface area contributed by atoms with Crippen LogP contribution in [0.3, 0.4) is 0 Å². The molecule has 1 saturated heterocycles. The number of carbonyl (C=O) groups excluding carboxylic acids is 2. The Bertz CT molecular complexity index is 1210. The number of aromatic nitrogens is 1. The highest BCUT2D eigenvalue weighted by Crippen LogP contribution is 2.43. The summed E-state index contributed by atoms with van der Waals surface area (Å²) in [7, 11) is 0. The Balaban J connectivity index is 1.68. The number of amides is 1. The number of carbonyl (C=O) groups is 2. The lowest BCUT2D eigenvalue weighted by Crippen LogP contribution is -2.29. The van der Waals surface area contributed by atoms with Crippen LogP contribution in [0.2, 0.25) is 0 Å². The Labute approximate surface area is 183 Å². The third-order valence-corrected chi connectivity index (χ3v) is 6.40. The second-order valence-electron chi connectivity index (χ2n) is 7.85. The molecule has 1 amide bonds. The number of benzene rings is 2. The number of aliphatic hydroxyl groups is 1. The molecule has 0 aliphatic carbocycles. The molecule has 6 nitrogen and oxygen atoms in total. The van der Waals surface area contributed by atoms with Crippen molar-refractivity contribution >= 4 is 33.9 Å². The van der Waals surface area contributed by atoms with E-state index in [-0.39, 0.29) is 17.4 Å². The minimum atomic E-state index is -0.754. The van der Waals surface area contributed by atoms with Crippen molar-refractivity contribution in [1.29, 1.82) is 0 Å². The van der Waals surface area contributed by atoms with Crippen molar-refractivity contribution in [2.45, 2.75) is 32.4 Å². The topological polar surface area (TPSA) is 79.7 Å². The molecule has 0 spiro atoms. The number of thiazole rings is 1. The van der Waals surface area contributed by atoms with Crippen molar-refractivity contribution < 1.29 is 19.4 Å². The standard InChI is InChI=1S/C24H20N2O4S/c1-13-3-5-15(6-4-13)20-19(22(28)23(29)26(20)24-25-9-10-31-24)21(27)16-7-8-18-17(12-16)11-14(2)30-18/h3-10,12,14,20,27H,11H2,1-2H3/b21-19+/t14-,20+/m0/s1. The quantitative estimate of drug-likeness (QED) is 0.377. The van der Waals surface area contributed by atoms with Crippen molar-refractivity contribution in [2.75, 3.05) is 4.90 Å². The van der Waals surface area contributed by atoms with Gasteiger partial charge in [-0.25, -0.2) is 4.98 Å². The van der Waals surface area contributed by atoms with Gasteiger partial charge in [-0.05, 0) is 43.2 Å². The summed E-state index contributed by atoms with van der Waals surface area (Å²) in [5.41, 5.74) is 3.32. The molecule has 2 atom stereocenters. The van der Waals surface area contributed by atoms with Crippen molar-refractivity contribution in [2.24, 2.45) is 0 Å². The number of aryl methyl sites for hydroxylation is 1. The first-order valence-corrected chi connectivity index (χ1v) is 10.9. The van der Waals surface area contributed by atoms with E-state index in [1.165, 1.54) is 16.2 Å². The van der Waals surface area contributed by atoms with Crippen LogP contribution in [0, 0.1) is 6.92 Å². The van der Waals surface area contributed by atoms with Gasteiger partial charge in [-0.3, -0.25) is 14.5 Å². The minimum absolute atomic E-state index is 0.0652. The van der Waals surface area contributed by atoms with Gasteiger partial charge < -0.3 is 9.84 Å². The van der Waals surface area contributed by atoms with Crippen LogP contribution in [0.4, 0.5) is 5.13 Å². The van der Waals surface area contributed by atoms with Gasteiger partial charge in [-0.1, -0.05) is 29.8 Å². The van der Waals surface area contributed by atoms with E-state index in [4.69, 9.17) is 4.74 Å². The summed E-state index contributed by atoms with van der Waals surface area (Å²) in [5.74, 6) is -0.823. The van der Waals surface area contributed by atoms with E-state index < -0.39 is 17.7 Å². The first-order chi connectivity index (χ1) is 14.9. The third-order valence-electron chi connectivity index (χ3n) is 5.63. The molecule has 3 aromatic rings. The molecule has 0 radical (unpaired) electrons. The Hall–Kier alpha value is -3.45. The molecule has 3 heterocycles. The smallest absolute Gasteiger partial charge is 0.301 e. The van der Waals surface area contributed by atoms with Crippen LogP contribution in [-0.4, -0.2) is 27.9 Å². The monoisotopic (exact) mass is 432 g/mol. The van der Waals surface area contributed by atoms with Gasteiger partial charge in [-0.15, -0.1) is 11.3 Å². The molecule has 7 heteroatoms. The highest BCUT2D eigenvalue weighted by atomic mass is 32.1. The fourth-order valence-corrected chi connectivity index (χ4v) is 4.82. The van der Waals surface area contributed by atoms with Gasteiger partial charge in [0, 0.05) is 23.6 Å². The van der Waals surface area contributed by atoms with E-state index in [9.17, 15) is 14.7 Å². The maximum atomic E-state index is 13.1. The van der Waals surface area contributed by atoms with Crippen molar-refractivity contribution in [3.8, 4) is 5.75 Å². The fraction of sp³-hybridized carbons (Fsp3) is 0.208. The van der Waals surface area contributed by atoms with E-state index in [2.05, 4.69) is 4.98 Å². The van der Waals surface area contributed by atoms with Gasteiger partial charge in [-0.2, -0.15) is 0 Å². The summed E-state index contributed by atoms with van der Waals surface area (Å²) >= 11 is 1.27. The Kier molecular flexibility index (Phi) is 4.63. The van der Waals surface area contributed by atoms with Gasteiger partial charge in [0.25, 0.3) is 5.78 Å². The highest BCUT2D eigenvalue weighted by molar-refractivity contribution is 7.14. The molecular weight excluding hydrogens is 412 g/mol. The van der Waals surface area contributed by atoms with Crippen LogP contribution in [0.1, 0.15) is 35.2 Å². The third kappa shape index (κ3) is 3.21. The lowest BCUT2D eigenvalue weighted by molar-refractivity contribution is -0.132. The number of ketones is 1. The Morgan fingerprint density at radius 3 is 2.68 bits per heavy atom. The number of aliphatic hydroxyl groups excluding tert-OH is 1. The molecule has 31 heavy (non-hydrogen) atoms. The molecule has 2 aromatic carbocycles. The molecule has 1 N–H and O–H groups in total. The average Bonchev–Trinajstić information content (AvgIpc) is 3.46. The lowest BCUT2D eigenvalue weighted by atomic mass is 9.94. The van der Waals surface area contributed by atoms with Gasteiger partial charge in [0.2, 0.25) is 0 Å². The highest BCUT2D eigenvalue weighted by Gasteiger charge is 2.48. The SMILES string of the molecule is Cc1ccc([C@@H]2/C(=C(\O)c3ccc4c(c3)C[C@H](C)O4)C(=O)C(=O)N2c2nccs2)cc1. The molecule has 156 valence electrons. The van der Waals surface area contributed by atoms with Crippen LogP contribution in [0.5, 0.6) is 5.75 Å². The molecular formula is C24H20N2O4S. The van der Waals surface area contributed by atoms with Crippen molar-refractivity contribution in [1.82, 2.24) is 4.98 Å². The van der Waals surface area contributed by atoms with Crippen molar-refractivity contribution in [3.63, 3.8) is 0 Å².